The highest BCUT2D eigenvalue weighted by Crippen LogP contribution is 2.26. The molecule has 2 heteroatoms. The summed E-state index contributed by atoms with van der Waals surface area (Å²) in [6.45, 7) is 10.4. The number of hydrogen-bond acceptors (Lipinski definition) is 2. The summed E-state index contributed by atoms with van der Waals surface area (Å²) in [6, 6.07) is 1.11. The Morgan fingerprint density at radius 3 is 2.43 bits per heavy atom. The van der Waals surface area contributed by atoms with Gasteiger partial charge in [-0.05, 0) is 30.6 Å². The predicted octanol–water partition coefficient (Wildman–Crippen LogP) is 2.14. The Hall–Kier alpha value is -0.0800. The van der Waals surface area contributed by atoms with E-state index in [1.54, 1.807) is 0 Å². The molecule has 2 nitrogen and oxygen atoms in total. The van der Waals surface area contributed by atoms with Crippen LogP contribution < -0.4 is 11.1 Å². The van der Waals surface area contributed by atoms with Gasteiger partial charge in [0, 0.05) is 18.6 Å². The van der Waals surface area contributed by atoms with E-state index in [0.717, 1.165) is 18.9 Å². The van der Waals surface area contributed by atoms with E-state index in [0.29, 0.717) is 17.5 Å². The molecule has 2 unspecified atom stereocenters. The maximum atomic E-state index is 5.88. The number of rotatable bonds is 4. The fourth-order valence-electron chi connectivity index (χ4n) is 1.81. The fraction of sp³-hybridized carbons (Fsp3) is 1.00. The lowest BCUT2D eigenvalue weighted by Crippen LogP contribution is -2.38. The first kappa shape index (κ1) is 12.0. The first-order chi connectivity index (χ1) is 6.42. The number of nitrogens with two attached hydrogens (primary N) is 1. The lowest BCUT2D eigenvalue weighted by atomic mass is 9.81. The van der Waals surface area contributed by atoms with Crippen LogP contribution in [0.25, 0.3) is 0 Å². The van der Waals surface area contributed by atoms with E-state index in [-0.39, 0.29) is 0 Å². The Morgan fingerprint density at radius 1 is 1.36 bits per heavy atom. The maximum Gasteiger partial charge on any atom is 0.00825 e. The molecule has 1 fully saturated rings. The molecule has 1 aliphatic carbocycles. The van der Waals surface area contributed by atoms with Crippen molar-refractivity contribution >= 4 is 0 Å². The van der Waals surface area contributed by atoms with Crippen molar-refractivity contribution in [2.75, 3.05) is 6.54 Å². The molecule has 1 aliphatic rings. The zero-order valence-corrected chi connectivity index (χ0v) is 10.1. The minimum atomic E-state index is 0.396. The highest BCUT2D eigenvalue weighted by Gasteiger charge is 2.26. The van der Waals surface area contributed by atoms with Crippen LogP contribution in [-0.4, -0.2) is 18.6 Å². The summed E-state index contributed by atoms with van der Waals surface area (Å²) in [7, 11) is 0. The van der Waals surface area contributed by atoms with Crippen molar-refractivity contribution in [3.8, 4) is 0 Å². The topological polar surface area (TPSA) is 38.0 Å². The fourth-order valence-corrected chi connectivity index (χ4v) is 1.81. The van der Waals surface area contributed by atoms with Gasteiger partial charge >= 0.3 is 0 Å². The summed E-state index contributed by atoms with van der Waals surface area (Å²) < 4.78 is 0. The molecule has 84 valence electrons. The normalized spacial score (nSPS) is 28.7. The third-order valence-corrected chi connectivity index (χ3v) is 3.88. The zero-order chi connectivity index (χ0) is 10.8. The van der Waals surface area contributed by atoms with Crippen molar-refractivity contribution in [2.45, 2.75) is 59.0 Å². The lowest BCUT2D eigenvalue weighted by Gasteiger charge is -2.31. The van der Waals surface area contributed by atoms with E-state index in [2.05, 4.69) is 33.0 Å². The Kier molecular flexibility index (Phi) is 3.96. The highest BCUT2D eigenvalue weighted by molar-refractivity contribution is 4.85. The molecular formula is C12H26N2. The van der Waals surface area contributed by atoms with Gasteiger partial charge in [0.25, 0.3) is 0 Å². The van der Waals surface area contributed by atoms with Crippen LogP contribution in [0.4, 0.5) is 0 Å². The van der Waals surface area contributed by atoms with E-state index < -0.39 is 0 Å². The van der Waals surface area contributed by atoms with Crippen LogP contribution >= 0.6 is 0 Å². The average molecular weight is 198 g/mol. The summed E-state index contributed by atoms with van der Waals surface area (Å²) in [4.78, 5) is 0. The predicted molar refractivity (Wildman–Crippen MR) is 62.2 cm³/mol. The Labute approximate surface area is 88.6 Å². The quantitative estimate of drug-likeness (QED) is 0.726. The van der Waals surface area contributed by atoms with Crippen LogP contribution in [0.1, 0.15) is 47.0 Å². The van der Waals surface area contributed by atoms with E-state index in [1.807, 2.05) is 0 Å². The molecule has 1 saturated carbocycles. The summed E-state index contributed by atoms with van der Waals surface area (Å²) >= 11 is 0. The molecular weight excluding hydrogens is 172 g/mol. The summed E-state index contributed by atoms with van der Waals surface area (Å²) in [6.07, 6.45) is 3.61. The second-order valence-corrected chi connectivity index (χ2v) is 5.79. The van der Waals surface area contributed by atoms with Gasteiger partial charge in [0.15, 0.2) is 0 Å². The molecule has 0 bridgehead atoms. The van der Waals surface area contributed by atoms with Crippen molar-refractivity contribution < 1.29 is 0 Å². The molecule has 0 aromatic rings. The Bertz CT molecular complexity index is 175. The lowest BCUT2D eigenvalue weighted by molar-refractivity contribution is 0.228. The first-order valence-electron chi connectivity index (χ1n) is 5.91. The van der Waals surface area contributed by atoms with Crippen molar-refractivity contribution in [1.82, 2.24) is 5.32 Å². The monoisotopic (exact) mass is 198 g/mol. The third-order valence-electron chi connectivity index (χ3n) is 3.88. The van der Waals surface area contributed by atoms with Gasteiger partial charge in [-0.25, -0.2) is 0 Å². The summed E-state index contributed by atoms with van der Waals surface area (Å²) in [5.41, 5.74) is 6.28. The first-order valence-corrected chi connectivity index (χ1v) is 5.91. The van der Waals surface area contributed by atoms with Gasteiger partial charge in [-0.3, -0.25) is 0 Å². The van der Waals surface area contributed by atoms with Crippen molar-refractivity contribution in [2.24, 2.45) is 17.1 Å². The Balaban J connectivity index is 2.26. The van der Waals surface area contributed by atoms with Gasteiger partial charge in [0.05, 0.1) is 0 Å². The molecule has 0 amide bonds. The SMILES string of the molecule is CC(C)C(C)(C)CNC1CCC(N)C1. The van der Waals surface area contributed by atoms with E-state index in [9.17, 15) is 0 Å². The highest BCUT2D eigenvalue weighted by atomic mass is 14.9. The molecule has 1 rings (SSSR count). The number of nitrogens with one attached hydrogen (secondary N) is 1. The molecule has 2 atom stereocenters. The van der Waals surface area contributed by atoms with Crippen LogP contribution in [-0.2, 0) is 0 Å². The van der Waals surface area contributed by atoms with Crippen LogP contribution in [0.2, 0.25) is 0 Å². The summed E-state index contributed by atoms with van der Waals surface area (Å²) in [5.74, 6) is 0.727. The molecule has 0 saturated heterocycles. The van der Waals surface area contributed by atoms with Gasteiger partial charge in [-0.2, -0.15) is 0 Å². The van der Waals surface area contributed by atoms with Gasteiger partial charge in [0.2, 0.25) is 0 Å². The van der Waals surface area contributed by atoms with Crippen LogP contribution in [0.5, 0.6) is 0 Å². The maximum absolute atomic E-state index is 5.88. The van der Waals surface area contributed by atoms with E-state index in [4.69, 9.17) is 5.73 Å². The van der Waals surface area contributed by atoms with Crippen molar-refractivity contribution in [3.63, 3.8) is 0 Å². The number of hydrogen-bond donors (Lipinski definition) is 2. The second-order valence-electron chi connectivity index (χ2n) is 5.79. The molecule has 0 aromatic carbocycles. The van der Waals surface area contributed by atoms with Crippen LogP contribution in [0, 0.1) is 11.3 Å². The van der Waals surface area contributed by atoms with Gasteiger partial charge in [-0.1, -0.05) is 27.7 Å². The van der Waals surface area contributed by atoms with Gasteiger partial charge in [0.1, 0.15) is 0 Å². The van der Waals surface area contributed by atoms with E-state index >= 15 is 0 Å². The molecule has 0 radical (unpaired) electrons. The summed E-state index contributed by atoms with van der Waals surface area (Å²) in [5, 5.41) is 3.65. The zero-order valence-electron chi connectivity index (χ0n) is 10.1. The average Bonchev–Trinajstić information content (AvgIpc) is 2.48. The van der Waals surface area contributed by atoms with E-state index in [1.165, 1.54) is 12.8 Å². The second kappa shape index (κ2) is 4.63. The molecule has 0 aromatic heterocycles. The van der Waals surface area contributed by atoms with Gasteiger partial charge < -0.3 is 11.1 Å². The largest absolute Gasteiger partial charge is 0.328 e. The van der Waals surface area contributed by atoms with Gasteiger partial charge in [-0.15, -0.1) is 0 Å². The molecule has 0 aliphatic heterocycles. The standard InChI is InChI=1S/C12H26N2/c1-9(2)12(3,4)8-14-11-6-5-10(13)7-11/h9-11,14H,5-8,13H2,1-4H3. The minimum Gasteiger partial charge on any atom is -0.328 e. The molecule has 14 heavy (non-hydrogen) atoms. The molecule has 0 spiro atoms. The van der Waals surface area contributed by atoms with Crippen LogP contribution in [0.15, 0.2) is 0 Å². The molecule has 0 heterocycles. The van der Waals surface area contributed by atoms with Crippen molar-refractivity contribution in [1.29, 1.82) is 0 Å². The smallest absolute Gasteiger partial charge is 0.00825 e. The third kappa shape index (κ3) is 3.25. The molecule has 3 N–H and O–H groups in total. The minimum absolute atomic E-state index is 0.396. The van der Waals surface area contributed by atoms with Crippen molar-refractivity contribution in [3.05, 3.63) is 0 Å². The Morgan fingerprint density at radius 2 is 2.00 bits per heavy atom. The van der Waals surface area contributed by atoms with Crippen LogP contribution in [0.3, 0.4) is 0 Å².